The van der Waals surface area contributed by atoms with E-state index in [0.717, 1.165) is 0 Å². The molecule has 1 fully saturated rings. The zero-order chi connectivity index (χ0) is 16.3. The molecular formula is C15H16F2N2O2S. The minimum Gasteiger partial charge on any atom is -0.435 e. The van der Waals surface area contributed by atoms with E-state index in [-0.39, 0.29) is 11.7 Å². The summed E-state index contributed by atoms with van der Waals surface area (Å²) in [5, 5.41) is 3.25. The van der Waals surface area contributed by atoms with Crippen LogP contribution in [0.25, 0.3) is 6.08 Å². The van der Waals surface area contributed by atoms with Gasteiger partial charge in [-0.3, -0.25) is 9.69 Å². The molecule has 2 rings (SSSR count). The summed E-state index contributed by atoms with van der Waals surface area (Å²) in [7, 11) is 0. The van der Waals surface area contributed by atoms with Gasteiger partial charge in [0.15, 0.2) is 5.11 Å². The number of thiocarbonyl (C=S) groups is 1. The zero-order valence-electron chi connectivity index (χ0n) is 12.2. The maximum atomic E-state index is 12.3. The Kier molecular flexibility index (Phi) is 5.07. The predicted octanol–water partition coefficient (Wildman–Crippen LogP) is 3.00. The van der Waals surface area contributed by atoms with Gasteiger partial charge in [-0.15, -0.1) is 0 Å². The van der Waals surface area contributed by atoms with E-state index in [1.165, 1.54) is 17.0 Å². The Bertz CT molecular complexity index is 600. The van der Waals surface area contributed by atoms with E-state index in [0.29, 0.717) is 28.8 Å². The highest BCUT2D eigenvalue weighted by Crippen LogP contribution is 2.19. The Balaban J connectivity index is 2.13. The molecule has 118 valence electrons. The standard InChI is InChI=1S/C15H16F2N2O2S/c1-9(2)8-19-13(20)12(18-15(19)22)7-10-3-5-11(6-4-10)21-14(16)17/h3-7,9,14H,8H2,1-2H3,(H,18,22)/b12-7+. The van der Waals surface area contributed by atoms with Crippen LogP contribution in [0.1, 0.15) is 19.4 Å². The molecule has 1 aliphatic rings. The molecule has 0 spiro atoms. The van der Waals surface area contributed by atoms with Crippen molar-refractivity contribution in [2.45, 2.75) is 20.5 Å². The second-order valence-corrected chi connectivity index (χ2v) is 5.63. The van der Waals surface area contributed by atoms with Crippen molar-refractivity contribution < 1.29 is 18.3 Å². The molecule has 0 atom stereocenters. The molecule has 1 saturated heterocycles. The smallest absolute Gasteiger partial charge is 0.387 e. The lowest BCUT2D eigenvalue weighted by Gasteiger charge is -2.15. The lowest BCUT2D eigenvalue weighted by atomic mass is 10.1. The van der Waals surface area contributed by atoms with Crippen molar-refractivity contribution in [3.05, 3.63) is 35.5 Å². The topological polar surface area (TPSA) is 41.6 Å². The van der Waals surface area contributed by atoms with Crippen LogP contribution in [0.2, 0.25) is 0 Å². The van der Waals surface area contributed by atoms with Crippen molar-refractivity contribution >= 4 is 29.3 Å². The number of amides is 1. The van der Waals surface area contributed by atoms with E-state index in [2.05, 4.69) is 10.1 Å². The summed E-state index contributed by atoms with van der Waals surface area (Å²) in [6, 6.07) is 6.02. The molecule has 1 aliphatic heterocycles. The van der Waals surface area contributed by atoms with Gasteiger partial charge < -0.3 is 10.1 Å². The fraction of sp³-hybridized carbons (Fsp3) is 0.333. The summed E-state index contributed by atoms with van der Waals surface area (Å²) in [5.74, 6) is 0.181. The van der Waals surface area contributed by atoms with E-state index in [1.54, 1.807) is 18.2 Å². The van der Waals surface area contributed by atoms with E-state index in [9.17, 15) is 13.6 Å². The van der Waals surface area contributed by atoms with Crippen molar-refractivity contribution in [1.29, 1.82) is 0 Å². The first-order valence-electron chi connectivity index (χ1n) is 6.76. The van der Waals surface area contributed by atoms with Crippen LogP contribution in [0.5, 0.6) is 5.75 Å². The van der Waals surface area contributed by atoms with Crippen LogP contribution in [0.15, 0.2) is 30.0 Å². The molecule has 0 unspecified atom stereocenters. The molecule has 1 aromatic rings. The average Bonchev–Trinajstić information content (AvgIpc) is 2.68. The van der Waals surface area contributed by atoms with Crippen LogP contribution >= 0.6 is 12.2 Å². The number of nitrogens with zero attached hydrogens (tertiary/aromatic N) is 1. The molecule has 0 saturated carbocycles. The number of hydrogen-bond donors (Lipinski definition) is 1. The Labute approximate surface area is 132 Å². The number of carbonyl (C=O) groups is 1. The number of hydrogen-bond acceptors (Lipinski definition) is 3. The number of carbonyl (C=O) groups excluding carboxylic acids is 1. The zero-order valence-corrected chi connectivity index (χ0v) is 13.0. The second kappa shape index (κ2) is 6.83. The van der Waals surface area contributed by atoms with Crippen LogP contribution in [0.3, 0.4) is 0 Å². The Morgan fingerprint density at radius 1 is 1.32 bits per heavy atom. The maximum Gasteiger partial charge on any atom is 0.387 e. The molecule has 0 aliphatic carbocycles. The van der Waals surface area contributed by atoms with Crippen LogP contribution in [-0.2, 0) is 4.79 Å². The molecule has 0 aromatic heterocycles. The van der Waals surface area contributed by atoms with E-state index < -0.39 is 6.61 Å². The van der Waals surface area contributed by atoms with E-state index in [1.807, 2.05) is 13.8 Å². The molecule has 1 aromatic carbocycles. The number of benzene rings is 1. The van der Waals surface area contributed by atoms with Gasteiger partial charge in [-0.25, -0.2) is 0 Å². The van der Waals surface area contributed by atoms with E-state index in [4.69, 9.17) is 12.2 Å². The first-order chi connectivity index (χ1) is 10.4. The van der Waals surface area contributed by atoms with Crippen molar-refractivity contribution in [1.82, 2.24) is 10.2 Å². The summed E-state index contributed by atoms with van der Waals surface area (Å²) >= 11 is 5.15. The molecular weight excluding hydrogens is 310 g/mol. The van der Waals surface area contributed by atoms with Crippen molar-refractivity contribution in [2.75, 3.05) is 6.54 Å². The monoisotopic (exact) mass is 326 g/mol. The van der Waals surface area contributed by atoms with Gasteiger partial charge in [-0.2, -0.15) is 8.78 Å². The highest BCUT2D eigenvalue weighted by Gasteiger charge is 2.30. The van der Waals surface area contributed by atoms with Crippen molar-refractivity contribution in [3.63, 3.8) is 0 Å². The fourth-order valence-corrected chi connectivity index (χ4v) is 2.28. The highest BCUT2D eigenvalue weighted by atomic mass is 32.1. The lowest BCUT2D eigenvalue weighted by Crippen LogP contribution is -2.33. The van der Waals surface area contributed by atoms with Gasteiger partial charge in [0, 0.05) is 6.54 Å². The minimum absolute atomic E-state index is 0.0693. The summed E-state index contributed by atoms with van der Waals surface area (Å²) in [5.41, 5.74) is 1.06. The second-order valence-electron chi connectivity index (χ2n) is 5.25. The number of nitrogens with one attached hydrogen (secondary N) is 1. The van der Waals surface area contributed by atoms with Crippen LogP contribution in [0.4, 0.5) is 8.78 Å². The first kappa shape index (κ1) is 16.4. The minimum atomic E-state index is -2.86. The lowest BCUT2D eigenvalue weighted by molar-refractivity contribution is -0.122. The van der Waals surface area contributed by atoms with Crippen LogP contribution in [-0.4, -0.2) is 29.1 Å². The van der Waals surface area contributed by atoms with Gasteiger partial charge in [-0.05, 0) is 41.9 Å². The molecule has 0 bridgehead atoms. The van der Waals surface area contributed by atoms with Gasteiger partial charge in [0.25, 0.3) is 5.91 Å². The average molecular weight is 326 g/mol. The third-order valence-corrected chi connectivity index (χ3v) is 3.25. The molecule has 1 heterocycles. The van der Waals surface area contributed by atoms with Gasteiger partial charge in [0.1, 0.15) is 11.4 Å². The van der Waals surface area contributed by atoms with Gasteiger partial charge in [0.05, 0.1) is 0 Å². The molecule has 1 amide bonds. The number of rotatable bonds is 5. The third kappa shape index (κ3) is 4.00. The highest BCUT2D eigenvalue weighted by molar-refractivity contribution is 7.80. The van der Waals surface area contributed by atoms with Crippen molar-refractivity contribution in [3.8, 4) is 5.75 Å². The Hall–Kier alpha value is -2.02. The molecule has 22 heavy (non-hydrogen) atoms. The van der Waals surface area contributed by atoms with Crippen LogP contribution < -0.4 is 10.1 Å². The summed E-state index contributed by atoms with van der Waals surface area (Å²) < 4.78 is 28.4. The Morgan fingerprint density at radius 3 is 2.50 bits per heavy atom. The molecule has 7 heteroatoms. The first-order valence-corrected chi connectivity index (χ1v) is 7.17. The molecule has 0 radical (unpaired) electrons. The predicted molar refractivity (Wildman–Crippen MR) is 83.3 cm³/mol. The summed E-state index contributed by atoms with van der Waals surface area (Å²) in [6.07, 6.45) is 1.63. The van der Waals surface area contributed by atoms with Gasteiger partial charge in [0.2, 0.25) is 0 Å². The number of ether oxygens (including phenoxy) is 1. The largest absolute Gasteiger partial charge is 0.435 e. The van der Waals surface area contributed by atoms with Crippen molar-refractivity contribution in [2.24, 2.45) is 5.92 Å². The molecule has 1 N–H and O–H groups in total. The Morgan fingerprint density at radius 2 is 1.95 bits per heavy atom. The maximum absolute atomic E-state index is 12.3. The van der Waals surface area contributed by atoms with Gasteiger partial charge in [-0.1, -0.05) is 26.0 Å². The fourth-order valence-electron chi connectivity index (χ4n) is 2.01. The van der Waals surface area contributed by atoms with Crippen LogP contribution in [0, 0.1) is 5.92 Å². The number of halogens is 2. The van der Waals surface area contributed by atoms with E-state index >= 15 is 0 Å². The summed E-state index contributed by atoms with van der Waals surface area (Å²) in [4.78, 5) is 13.8. The summed E-state index contributed by atoms with van der Waals surface area (Å²) in [6.45, 7) is 1.69. The quantitative estimate of drug-likeness (QED) is 0.667. The SMILES string of the molecule is CC(C)CN1C(=O)/C(=C\c2ccc(OC(F)F)cc2)NC1=S. The number of alkyl halides is 2. The van der Waals surface area contributed by atoms with Gasteiger partial charge >= 0.3 is 6.61 Å². The third-order valence-electron chi connectivity index (χ3n) is 2.93. The normalized spacial score (nSPS) is 16.8. The molecule has 4 nitrogen and oxygen atoms in total.